The second-order valence-electron chi connectivity index (χ2n) is 4.14. The molecule has 1 aromatic carbocycles. The highest BCUT2D eigenvalue weighted by Crippen LogP contribution is 2.31. The average Bonchev–Trinajstić information content (AvgIpc) is 2.47. The molecule has 0 saturated carbocycles. The Labute approximate surface area is 128 Å². The highest BCUT2D eigenvalue weighted by Gasteiger charge is 2.25. The van der Waals surface area contributed by atoms with Gasteiger partial charge in [-0.25, -0.2) is 4.79 Å². The third-order valence-electron chi connectivity index (χ3n) is 2.69. The van der Waals surface area contributed by atoms with Crippen LogP contribution in [-0.2, 0) is 11.5 Å². The number of aromatic amines is 1. The van der Waals surface area contributed by atoms with E-state index in [-0.39, 0.29) is 11.8 Å². The summed E-state index contributed by atoms with van der Waals surface area (Å²) in [6.45, 7) is 1.88. The summed E-state index contributed by atoms with van der Waals surface area (Å²) in [5.41, 5.74) is -2.45. The first-order chi connectivity index (χ1) is 10.5. The molecule has 0 amide bonds. The first-order valence-electron chi connectivity index (χ1n) is 6.36. The van der Waals surface area contributed by atoms with Gasteiger partial charge in [0.15, 0.2) is 5.03 Å². The Balaban J connectivity index is 2.62. The van der Waals surface area contributed by atoms with Gasteiger partial charge in [-0.3, -0.25) is 24.5 Å². The van der Waals surface area contributed by atoms with Gasteiger partial charge in [0.1, 0.15) is 6.73 Å². The number of benzene rings is 1. The zero-order valence-electron chi connectivity index (χ0n) is 11.6. The monoisotopic (exact) mass is 323 g/mol. The predicted octanol–water partition coefficient (Wildman–Crippen LogP) is 1.59. The van der Waals surface area contributed by atoms with E-state index in [1.165, 1.54) is 0 Å². The standard InChI is InChI=1S/C13H13N3O5S/c1-2-21-8-15-12(22-9-6-4-3-5-7-9)10(16(19)20)11(17)14-13(15)18/h3-7H,2,8H2,1H3,(H,14,17,18). The molecule has 0 aliphatic rings. The van der Waals surface area contributed by atoms with Crippen LogP contribution in [0.25, 0.3) is 0 Å². The molecule has 0 aliphatic heterocycles. The average molecular weight is 323 g/mol. The third kappa shape index (κ3) is 3.43. The number of aromatic nitrogens is 2. The molecule has 1 N–H and O–H groups in total. The van der Waals surface area contributed by atoms with Gasteiger partial charge in [0, 0.05) is 11.5 Å². The van der Waals surface area contributed by atoms with Gasteiger partial charge in [-0.2, -0.15) is 0 Å². The normalized spacial score (nSPS) is 10.6. The fourth-order valence-electron chi connectivity index (χ4n) is 1.71. The van der Waals surface area contributed by atoms with E-state index in [1.54, 1.807) is 37.3 Å². The Morgan fingerprint density at radius 2 is 2.00 bits per heavy atom. The van der Waals surface area contributed by atoms with Crippen LogP contribution in [0.3, 0.4) is 0 Å². The lowest BCUT2D eigenvalue weighted by molar-refractivity contribution is -0.390. The molecule has 1 aromatic heterocycles. The van der Waals surface area contributed by atoms with Crippen molar-refractivity contribution in [2.75, 3.05) is 6.61 Å². The number of nitrogens with one attached hydrogen (secondary N) is 1. The van der Waals surface area contributed by atoms with Gasteiger partial charge in [-0.05, 0) is 19.1 Å². The minimum atomic E-state index is -1.03. The van der Waals surface area contributed by atoms with Crippen molar-refractivity contribution in [3.8, 4) is 0 Å². The Hall–Kier alpha value is -2.39. The van der Waals surface area contributed by atoms with E-state index in [0.29, 0.717) is 11.5 Å². The summed E-state index contributed by atoms with van der Waals surface area (Å²) < 4.78 is 6.20. The predicted molar refractivity (Wildman–Crippen MR) is 80.2 cm³/mol. The van der Waals surface area contributed by atoms with Gasteiger partial charge < -0.3 is 4.74 Å². The van der Waals surface area contributed by atoms with Crippen LogP contribution in [-0.4, -0.2) is 21.1 Å². The number of nitro groups is 1. The van der Waals surface area contributed by atoms with E-state index < -0.39 is 21.9 Å². The molecule has 116 valence electrons. The van der Waals surface area contributed by atoms with Crippen LogP contribution in [0.1, 0.15) is 6.92 Å². The summed E-state index contributed by atoms with van der Waals surface area (Å²) in [6, 6.07) is 8.76. The Bertz CT molecular complexity index is 784. The quantitative estimate of drug-likeness (QED) is 0.491. The lowest BCUT2D eigenvalue weighted by atomic mass is 10.4. The van der Waals surface area contributed by atoms with E-state index in [2.05, 4.69) is 0 Å². The second-order valence-corrected chi connectivity index (χ2v) is 5.20. The van der Waals surface area contributed by atoms with Crippen molar-refractivity contribution in [1.29, 1.82) is 0 Å². The summed E-state index contributed by atoms with van der Waals surface area (Å²) in [6.07, 6.45) is 0. The van der Waals surface area contributed by atoms with Crippen molar-refractivity contribution in [3.63, 3.8) is 0 Å². The molecule has 9 heteroatoms. The highest BCUT2D eigenvalue weighted by molar-refractivity contribution is 7.99. The molecule has 0 atom stereocenters. The maximum atomic E-state index is 11.9. The number of hydrogen-bond donors (Lipinski definition) is 1. The molecule has 0 unspecified atom stereocenters. The maximum absolute atomic E-state index is 11.9. The highest BCUT2D eigenvalue weighted by atomic mass is 32.2. The molecule has 0 spiro atoms. The van der Waals surface area contributed by atoms with E-state index in [4.69, 9.17) is 4.74 Å². The fraction of sp³-hybridized carbons (Fsp3) is 0.231. The van der Waals surface area contributed by atoms with Crippen molar-refractivity contribution in [3.05, 3.63) is 61.3 Å². The zero-order valence-corrected chi connectivity index (χ0v) is 12.5. The van der Waals surface area contributed by atoms with Gasteiger partial charge >= 0.3 is 16.9 Å². The number of hydrogen-bond acceptors (Lipinski definition) is 6. The Morgan fingerprint density at radius 1 is 1.32 bits per heavy atom. The van der Waals surface area contributed by atoms with E-state index in [1.807, 2.05) is 4.98 Å². The number of nitrogens with zero attached hydrogens (tertiary/aromatic N) is 2. The van der Waals surface area contributed by atoms with Crippen LogP contribution in [0.4, 0.5) is 5.69 Å². The first-order valence-corrected chi connectivity index (χ1v) is 7.18. The summed E-state index contributed by atoms with van der Waals surface area (Å²) in [7, 11) is 0. The summed E-state index contributed by atoms with van der Waals surface area (Å²) in [5, 5.41) is 11.1. The fourth-order valence-corrected chi connectivity index (χ4v) is 2.73. The van der Waals surface area contributed by atoms with Gasteiger partial charge in [0.2, 0.25) is 0 Å². The van der Waals surface area contributed by atoms with E-state index in [9.17, 15) is 19.7 Å². The van der Waals surface area contributed by atoms with Gasteiger partial charge in [0.05, 0.1) is 4.92 Å². The molecule has 8 nitrogen and oxygen atoms in total. The van der Waals surface area contributed by atoms with Crippen LogP contribution in [0.5, 0.6) is 0 Å². The molecule has 2 aromatic rings. The van der Waals surface area contributed by atoms with Gasteiger partial charge in [0.25, 0.3) is 0 Å². The van der Waals surface area contributed by atoms with Crippen LogP contribution in [0.2, 0.25) is 0 Å². The molecule has 0 aliphatic carbocycles. The van der Waals surface area contributed by atoms with E-state index >= 15 is 0 Å². The zero-order chi connectivity index (χ0) is 16.1. The van der Waals surface area contributed by atoms with Crippen molar-refractivity contribution in [2.45, 2.75) is 23.6 Å². The minimum Gasteiger partial charge on any atom is -0.361 e. The molecule has 1 heterocycles. The van der Waals surface area contributed by atoms with Crippen molar-refractivity contribution in [2.24, 2.45) is 0 Å². The number of H-pyrrole nitrogens is 1. The molecule has 0 bridgehead atoms. The van der Waals surface area contributed by atoms with Crippen molar-refractivity contribution in [1.82, 2.24) is 9.55 Å². The number of ether oxygens (including phenoxy) is 1. The van der Waals surface area contributed by atoms with Gasteiger partial charge in [-0.1, -0.05) is 30.0 Å². The smallest absolute Gasteiger partial charge is 0.361 e. The first kappa shape index (κ1) is 16.0. The minimum absolute atomic E-state index is 0.0570. The topological polar surface area (TPSA) is 107 Å². The van der Waals surface area contributed by atoms with E-state index in [0.717, 1.165) is 16.3 Å². The molecule has 0 radical (unpaired) electrons. The molecule has 22 heavy (non-hydrogen) atoms. The molecule has 2 rings (SSSR count). The largest absolute Gasteiger partial charge is 0.364 e. The lowest BCUT2D eigenvalue weighted by Crippen LogP contribution is -2.33. The maximum Gasteiger partial charge on any atom is 0.364 e. The Kier molecular flexibility index (Phi) is 5.12. The number of rotatable bonds is 6. The SMILES string of the molecule is CCOCn1c(Sc2ccccc2)c([N+](=O)[O-])c(=O)[nH]c1=O. The van der Waals surface area contributed by atoms with Crippen molar-refractivity contribution >= 4 is 17.4 Å². The van der Waals surface area contributed by atoms with Crippen LogP contribution in [0.15, 0.2) is 49.8 Å². The molecular formula is C13H13N3O5S. The molecule has 0 fully saturated rings. The lowest BCUT2D eigenvalue weighted by Gasteiger charge is -2.11. The summed E-state index contributed by atoms with van der Waals surface area (Å²) in [4.78, 5) is 36.7. The molecular weight excluding hydrogens is 310 g/mol. The molecule has 0 saturated heterocycles. The summed E-state index contributed by atoms with van der Waals surface area (Å²) in [5.74, 6) is 0. The van der Waals surface area contributed by atoms with Gasteiger partial charge in [-0.15, -0.1) is 0 Å². The Morgan fingerprint density at radius 3 is 2.59 bits per heavy atom. The van der Waals surface area contributed by atoms with Crippen LogP contribution in [0, 0.1) is 10.1 Å². The second kappa shape index (κ2) is 7.05. The van der Waals surface area contributed by atoms with Crippen molar-refractivity contribution < 1.29 is 9.66 Å². The third-order valence-corrected chi connectivity index (χ3v) is 3.81. The summed E-state index contributed by atoms with van der Waals surface area (Å²) >= 11 is 0.969. The van der Waals surface area contributed by atoms with Crippen LogP contribution >= 0.6 is 11.8 Å². The van der Waals surface area contributed by atoms with Crippen LogP contribution < -0.4 is 11.2 Å².